The standard InChI is InChI=1S/C46H55N7O7S/c1-4-45-28-46(29-45,30-45)38-24-44(2,3)13-9-33(38)27-51-15-17-52(18-16-51)34-5-7-37(41(22-34)60-35-21-32-10-14-47-42(32)49-26-35)43(54)50-61(57,58)36-6-8-39(40(23-36)53(55)56)48-25-31-11-19-59-20-12-31/h5,7,10,14,21-23,26,31,48H,4,9,11-13,15-20,24-25,27-30H2,1-3H3,(H,47,49)(H,50,54). The van der Waals surface area contributed by atoms with E-state index in [1.807, 2.05) is 6.07 Å². The topological polar surface area (TPSA) is 172 Å². The van der Waals surface area contributed by atoms with Gasteiger partial charge in [0.05, 0.1) is 16.7 Å². The Morgan fingerprint density at radius 1 is 1.10 bits per heavy atom. The molecule has 5 fully saturated rings. The molecular formula is C46H55N7O7S. The molecular weight excluding hydrogens is 795 g/mol. The van der Waals surface area contributed by atoms with Gasteiger partial charge in [-0.3, -0.25) is 19.8 Å². The van der Waals surface area contributed by atoms with Crippen molar-refractivity contribution < 1.29 is 27.6 Å². The Bertz CT molecular complexity index is 2530. The van der Waals surface area contributed by atoms with Gasteiger partial charge in [-0.25, -0.2) is 18.1 Å². The molecule has 1 amide bonds. The molecule has 10 rings (SSSR count). The largest absolute Gasteiger partial charge is 0.455 e. The molecule has 5 aliphatic carbocycles. The minimum Gasteiger partial charge on any atom is -0.455 e. The van der Waals surface area contributed by atoms with Crippen LogP contribution in [0.2, 0.25) is 0 Å². The number of piperazine rings is 1. The van der Waals surface area contributed by atoms with Gasteiger partial charge in [0.1, 0.15) is 22.1 Å². The average Bonchev–Trinajstić information content (AvgIpc) is 3.69. The van der Waals surface area contributed by atoms with E-state index in [1.54, 1.807) is 41.6 Å². The fourth-order valence-electron chi connectivity index (χ4n) is 10.6. The number of H-pyrrole nitrogens is 1. The van der Waals surface area contributed by atoms with Gasteiger partial charge in [-0.2, -0.15) is 0 Å². The third-order valence-corrected chi connectivity index (χ3v) is 15.4. The Hall–Kier alpha value is -5.17. The van der Waals surface area contributed by atoms with Crippen LogP contribution < -0.4 is 19.7 Å². The van der Waals surface area contributed by atoms with Crippen LogP contribution in [-0.4, -0.2) is 86.6 Å². The second-order valence-corrected chi connectivity index (χ2v) is 20.5. The fourth-order valence-corrected chi connectivity index (χ4v) is 11.5. The van der Waals surface area contributed by atoms with Crippen LogP contribution in [0.1, 0.15) is 88.9 Å². The minimum absolute atomic E-state index is 0.0245. The van der Waals surface area contributed by atoms with Crippen molar-refractivity contribution in [3.8, 4) is 11.5 Å². The molecule has 3 aromatic rings. The Labute approximate surface area is 357 Å². The SMILES string of the molecule is CCC12CC(C3=C(CN4CCN(c5ccc(C(=O)NS(=O)(=O)C6=C=C=C(NCC7CCOCC7)C([N+](=O)[O-])=C6)c(Oc6cnc7[nH]ccc7c6)c5)CC4)CCC(C)(C)C3)(C1)C2. The highest BCUT2D eigenvalue weighted by Gasteiger charge is 2.68. The lowest BCUT2D eigenvalue weighted by molar-refractivity contribution is -0.421. The number of ether oxygens (including phenoxy) is 2. The normalized spacial score (nSPS) is 25.2. The van der Waals surface area contributed by atoms with Crippen molar-refractivity contribution in [3.63, 3.8) is 0 Å². The van der Waals surface area contributed by atoms with Gasteiger partial charge >= 0.3 is 5.70 Å². The number of pyridine rings is 1. The fraction of sp³-hybridized carbons (Fsp3) is 0.522. The Balaban J connectivity index is 0.928. The number of nitrogens with one attached hydrogen (secondary N) is 3. The summed E-state index contributed by atoms with van der Waals surface area (Å²) in [5.41, 5.74) is 11.0. The molecule has 3 N–H and O–H groups in total. The molecule has 322 valence electrons. The second kappa shape index (κ2) is 15.9. The number of hydrogen-bond acceptors (Lipinski definition) is 11. The zero-order valence-corrected chi connectivity index (χ0v) is 36.1. The molecule has 2 aromatic heterocycles. The van der Waals surface area contributed by atoms with Crippen molar-refractivity contribution in [1.29, 1.82) is 0 Å². The van der Waals surface area contributed by atoms with Gasteiger partial charge in [0, 0.05) is 81.9 Å². The van der Waals surface area contributed by atoms with E-state index in [0.29, 0.717) is 47.4 Å². The molecule has 3 saturated carbocycles. The molecule has 2 aliphatic heterocycles. The first-order chi connectivity index (χ1) is 29.2. The summed E-state index contributed by atoms with van der Waals surface area (Å²) >= 11 is 0. The Kier molecular flexibility index (Phi) is 10.8. The Morgan fingerprint density at radius 2 is 1.87 bits per heavy atom. The lowest BCUT2D eigenvalue weighted by Crippen LogP contribution is -2.63. The number of nitrogens with zero attached hydrogens (tertiary/aromatic N) is 4. The average molecular weight is 850 g/mol. The highest BCUT2D eigenvalue weighted by molar-refractivity contribution is 7.94. The molecule has 0 unspecified atom stereocenters. The number of sulfonamides is 1. The van der Waals surface area contributed by atoms with Crippen molar-refractivity contribution in [3.05, 3.63) is 103 Å². The molecule has 61 heavy (non-hydrogen) atoms. The van der Waals surface area contributed by atoms with Gasteiger partial charge in [0.2, 0.25) is 0 Å². The number of hydrogen-bond donors (Lipinski definition) is 3. The van der Waals surface area contributed by atoms with E-state index in [2.05, 4.69) is 62.0 Å². The number of amides is 1. The summed E-state index contributed by atoms with van der Waals surface area (Å²) in [5.74, 6) is -0.213. The summed E-state index contributed by atoms with van der Waals surface area (Å²) in [5, 5.41) is 15.9. The quantitative estimate of drug-likeness (QED) is 0.0642. The molecule has 0 radical (unpaired) electrons. The van der Waals surface area contributed by atoms with Gasteiger partial charge < -0.3 is 24.7 Å². The first-order valence-electron chi connectivity index (χ1n) is 21.7. The zero-order valence-electron chi connectivity index (χ0n) is 35.3. The zero-order chi connectivity index (χ0) is 42.6. The van der Waals surface area contributed by atoms with Gasteiger partial charge in [0.25, 0.3) is 15.9 Å². The molecule has 2 bridgehead atoms. The maximum absolute atomic E-state index is 13.9. The predicted octanol–water partition coefficient (Wildman–Crippen LogP) is 7.34. The second-order valence-electron chi connectivity index (χ2n) is 18.9. The number of aromatic amines is 1. The van der Waals surface area contributed by atoms with Gasteiger partial charge in [-0.15, -0.1) is 0 Å². The number of aromatic nitrogens is 2. The Morgan fingerprint density at radius 3 is 2.61 bits per heavy atom. The molecule has 0 spiro atoms. The number of rotatable bonds is 14. The molecule has 15 heteroatoms. The lowest BCUT2D eigenvalue weighted by Gasteiger charge is -2.73. The number of benzene rings is 1. The van der Waals surface area contributed by atoms with Crippen LogP contribution in [0.15, 0.2) is 87.7 Å². The van der Waals surface area contributed by atoms with Gasteiger partial charge in [-0.1, -0.05) is 38.3 Å². The van der Waals surface area contributed by atoms with Crippen LogP contribution in [0.3, 0.4) is 0 Å². The summed E-state index contributed by atoms with van der Waals surface area (Å²) in [6.45, 7) is 13.2. The molecule has 7 aliphatic rings. The van der Waals surface area contributed by atoms with Crippen LogP contribution in [0.4, 0.5) is 5.69 Å². The van der Waals surface area contributed by atoms with Crippen molar-refractivity contribution in [2.24, 2.45) is 22.2 Å². The van der Waals surface area contributed by atoms with Crippen molar-refractivity contribution in [2.75, 3.05) is 57.4 Å². The van der Waals surface area contributed by atoms with Crippen LogP contribution in [0.25, 0.3) is 11.0 Å². The van der Waals surface area contributed by atoms with Crippen LogP contribution >= 0.6 is 0 Å². The summed E-state index contributed by atoms with van der Waals surface area (Å²) in [6.07, 6.45) is 14.9. The van der Waals surface area contributed by atoms with E-state index in [1.165, 1.54) is 51.1 Å². The van der Waals surface area contributed by atoms with Crippen molar-refractivity contribution in [2.45, 2.75) is 78.6 Å². The maximum atomic E-state index is 13.9. The highest BCUT2D eigenvalue weighted by atomic mass is 32.2. The van der Waals surface area contributed by atoms with E-state index >= 15 is 0 Å². The summed E-state index contributed by atoms with van der Waals surface area (Å²) in [7, 11) is -4.62. The number of anilines is 1. The van der Waals surface area contributed by atoms with Crippen LogP contribution in [0.5, 0.6) is 11.5 Å². The molecule has 14 nitrogen and oxygen atoms in total. The molecule has 0 atom stereocenters. The number of fused-ring (bicyclic) bond motifs is 1. The highest BCUT2D eigenvalue weighted by Crippen LogP contribution is 2.79. The minimum atomic E-state index is -4.62. The summed E-state index contributed by atoms with van der Waals surface area (Å²) in [6, 6.07) is 8.76. The van der Waals surface area contributed by atoms with Gasteiger partial charge in [0.15, 0.2) is 5.70 Å². The van der Waals surface area contributed by atoms with Crippen molar-refractivity contribution in [1.82, 2.24) is 24.9 Å². The molecule has 2 saturated heterocycles. The van der Waals surface area contributed by atoms with Crippen molar-refractivity contribution >= 4 is 32.7 Å². The molecule has 4 heterocycles. The van der Waals surface area contributed by atoms with E-state index in [9.17, 15) is 23.3 Å². The number of nitro groups is 1. The van der Waals surface area contributed by atoms with E-state index in [0.717, 1.165) is 62.7 Å². The summed E-state index contributed by atoms with van der Waals surface area (Å²) < 4.78 is 41.1. The van der Waals surface area contributed by atoms with Gasteiger partial charge in [-0.05, 0) is 109 Å². The van der Waals surface area contributed by atoms with E-state index < -0.39 is 31.5 Å². The number of carbonyl (C=O) groups is 1. The number of allylic oxidation sites excluding steroid dienone is 2. The summed E-state index contributed by atoms with van der Waals surface area (Å²) in [4.78, 5) is 37.0. The number of carbonyl (C=O) groups excluding carboxylic acids is 1. The monoisotopic (exact) mass is 849 g/mol. The first kappa shape index (κ1) is 41.2. The maximum Gasteiger partial charge on any atom is 0.303 e. The third kappa shape index (κ3) is 8.29. The van der Waals surface area contributed by atoms with E-state index in [4.69, 9.17) is 9.47 Å². The third-order valence-electron chi connectivity index (χ3n) is 14.1. The van der Waals surface area contributed by atoms with Crippen LogP contribution in [0, 0.1) is 32.3 Å². The first-order valence-corrected chi connectivity index (χ1v) is 23.2. The predicted molar refractivity (Wildman–Crippen MR) is 232 cm³/mol. The smallest absolute Gasteiger partial charge is 0.303 e. The molecule has 1 aromatic carbocycles. The van der Waals surface area contributed by atoms with Crippen LogP contribution in [-0.2, 0) is 14.8 Å². The lowest BCUT2D eigenvalue weighted by atomic mass is 9.31. The van der Waals surface area contributed by atoms with E-state index in [-0.39, 0.29) is 22.9 Å².